The van der Waals surface area contributed by atoms with Gasteiger partial charge in [-0.1, -0.05) is 39.7 Å². The molecule has 3 rings (SSSR count). The van der Waals surface area contributed by atoms with Crippen molar-refractivity contribution in [3.8, 4) is 11.3 Å². The summed E-state index contributed by atoms with van der Waals surface area (Å²) in [5.41, 5.74) is 3.11. The molecule has 0 fully saturated rings. The van der Waals surface area contributed by atoms with Crippen molar-refractivity contribution in [2.24, 2.45) is 0 Å². The van der Waals surface area contributed by atoms with Crippen molar-refractivity contribution in [3.63, 3.8) is 0 Å². The Balaban J connectivity index is 1.87. The minimum atomic E-state index is 0.714. The molecule has 1 heterocycles. The zero-order valence-electron chi connectivity index (χ0n) is 11.2. The molecule has 0 radical (unpaired) electrons. The Bertz CT molecular complexity index is 813. The van der Waals surface area contributed by atoms with Gasteiger partial charge in [-0.2, -0.15) is 0 Å². The number of halogens is 4. The Kier molecular flexibility index (Phi) is 5.07. The van der Waals surface area contributed by atoms with Crippen LogP contribution >= 0.6 is 59.4 Å². The molecule has 0 amide bonds. The summed E-state index contributed by atoms with van der Waals surface area (Å²) in [7, 11) is 0. The van der Waals surface area contributed by atoms with E-state index in [1.165, 1.54) is 0 Å². The van der Waals surface area contributed by atoms with Gasteiger partial charge in [-0.25, -0.2) is 4.98 Å². The van der Waals surface area contributed by atoms with Gasteiger partial charge in [0.25, 0.3) is 0 Å². The lowest BCUT2D eigenvalue weighted by molar-refractivity contribution is 1.02. The lowest BCUT2D eigenvalue weighted by Gasteiger charge is -2.06. The highest BCUT2D eigenvalue weighted by atomic mass is 79.9. The average molecular weight is 505 g/mol. The van der Waals surface area contributed by atoms with Crippen LogP contribution in [0.25, 0.3) is 11.3 Å². The fourth-order valence-corrected chi connectivity index (χ4v) is 3.95. The number of imidazole rings is 1. The van der Waals surface area contributed by atoms with E-state index in [-0.39, 0.29) is 0 Å². The molecule has 0 saturated carbocycles. The fourth-order valence-electron chi connectivity index (χ4n) is 2.14. The number of nitrogens with one attached hydrogen (secondary N) is 1. The number of aromatic amines is 1. The van der Waals surface area contributed by atoms with Crippen molar-refractivity contribution in [1.29, 1.82) is 0 Å². The summed E-state index contributed by atoms with van der Waals surface area (Å²) in [6, 6.07) is 11.8. The van der Waals surface area contributed by atoms with Crippen molar-refractivity contribution >= 4 is 59.4 Å². The van der Waals surface area contributed by atoms with Crippen LogP contribution in [-0.2, 0) is 6.42 Å². The first-order chi connectivity index (χ1) is 10.5. The molecule has 6 heteroatoms. The van der Waals surface area contributed by atoms with Gasteiger partial charge in [0.05, 0.1) is 5.69 Å². The molecule has 112 valence electrons. The maximum Gasteiger partial charge on any atom is 0.111 e. The molecule has 3 aromatic rings. The molecule has 0 atom stereocenters. The van der Waals surface area contributed by atoms with E-state index in [2.05, 4.69) is 63.8 Å². The lowest BCUT2D eigenvalue weighted by atomic mass is 10.1. The normalized spacial score (nSPS) is 10.9. The maximum absolute atomic E-state index is 5.92. The highest BCUT2D eigenvalue weighted by Gasteiger charge is 2.10. The minimum Gasteiger partial charge on any atom is -0.348 e. The molecule has 1 aromatic heterocycles. The highest BCUT2D eigenvalue weighted by Crippen LogP contribution is 2.32. The van der Waals surface area contributed by atoms with Gasteiger partial charge in [0.15, 0.2) is 0 Å². The Morgan fingerprint density at radius 2 is 1.77 bits per heavy atom. The smallest absolute Gasteiger partial charge is 0.111 e. The zero-order valence-corrected chi connectivity index (χ0v) is 16.7. The van der Waals surface area contributed by atoms with Gasteiger partial charge in [-0.05, 0) is 61.7 Å². The van der Waals surface area contributed by atoms with Crippen LogP contribution in [0.3, 0.4) is 0 Å². The predicted octanol–water partition coefficient (Wildman–Crippen LogP) is 6.61. The third-order valence-corrected chi connectivity index (χ3v) is 6.00. The van der Waals surface area contributed by atoms with Gasteiger partial charge in [0.2, 0.25) is 0 Å². The SMILES string of the molecule is Clc1ccc(-c2c[nH]c(Cc3cc(Br)cc(Br)c3Br)n2)cc1. The molecular weight excluding hydrogens is 495 g/mol. The summed E-state index contributed by atoms with van der Waals surface area (Å²) >= 11 is 16.6. The molecule has 22 heavy (non-hydrogen) atoms. The van der Waals surface area contributed by atoms with Gasteiger partial charge in [-0.3, -0.25) is 0 Å². The quantitative estimate of drug-likeness (QED) is 0.399. The number of hydrogen-bond donors (Lipinski definition) is 1. The molecule has 2 aromatic carbocycles. The topological polar surface area (TPSA) is 28.7 Å². The summed E-state index contributed by atoms with van der Waals surface area (Å²) in [5, 5.41) is 0.724. The van der Waals surface area contributed by atoms with Gasteiger partial charge in [0, 0.05) is 36.6 Å². The zero-order chi connectivity index (χ0) is 15.7. The van der Waals surface area contributed by atoms with E-state index in [0.717, 1.165) is 41.1 Å². The molecule has 0 spiro atoms. The number of aromatic nitrogens is 2. The third kappa shape index (κ3) is 3.65. The van der Waals surface area contributed by atoms with Crippen LogP contribution < -0.4 is 0 Å². The first-order valence-electron chi connectivity index (χ1n) is 6.46. The van der Waals surface area contributed by atoms with Crippen molar-refractivity contribution in [1.82, 2.24) is 9.97 Å². The van der Waals surface area contributed by atoms with Gasteiger partial charge in [-0.15, -0.1) is 0 Å². The van der Waals surface area contributed by atoms with E-state index in [0.29, 0.717) is 6.42 Å². The lowest BCUT2D eigenvalue weighted by Crippen LogP contribution is -1.93. The summed E-state index contributed by atoms with van der Waals surface area (Å²) in [6.07, 6.45) is 2.63. The molecule has 2 nitrogen and oxygen atoms in total. The van der Waals surface area contributed by atoms with E-state index in [4.69, 9.17) is 11.6 Å². The molecule has 0 aliphatic rings. The van der Waals surface area contributed by atoms with Crippen LogP contribution in [-0.4, -0.2) is 9.97 Å². The van der Waals surface area contributed by atoms with Crippen molar-refractivity contribution in [2.75, 3.05) is 0 Å². The Morgan fingerprint density at radius 3 is 2.50 bits per heavy atom. The Morgan fingerprint density at radius 1 is 1.05 bits per heavy atom. The average Bonchev–Trinajstić information content (AvgIpc) is 2.93. The largest absolute Gasteiger partial charge is 0.348 e. The fraction of sp³-hybridized carbons (Fsp3) is 0.0625. The van der Waals surface area contributed by atoms with Crippen LogP contribution in [0.2, 0.25) is 5.02 Å². The van der Waals surface area contributed by atoms with Gasteiger partial charge < -0.3 is 4.98 Å². The third-order valence-electron chi connectivity index (χ3n) is 3.20. The molecular formula is C16H10Br3ClN2. The minimum absolute atomic E-state index is 0.714. The Labute approximate surface area is 158 Å². The first-order valence-corrected chi connectivity index (χ1v) is 9.22. The second kappa shape index (κ2) is 6.87. The van der Waals surface area contributed by atoms with E-state index < -0.39 is 0 Å². The van der Waals surface area contributed by atoms with E-state index >= 15 is 0 Å². The van der Waals surface area contributed by atoms with E-state index in [9.17, 15) is 0 Å². The molecule has 0 unspecified atom stereocenters. The maximum atomic E-state index is 5.92. The monoisotopic (exact) mass is 502 g/mol. The van der Waals surface area contributed by atoms with Crippen LogP contribution in [0.5, 0.6) is 0 Å². The summed E-state index contributed by atoms with van der Waals surface area (Å²) in [5.74, 6) is 0.913. The molecule has 0 aliphatic carbocycles. The second-order valence-corrected chi connectivity index (χ2v) is 7.78. The number of nitrogens with zero attached hydrogens (tertiary/aromatic N) is 1. The van der Waals surface area contributed by atoms with Crippen LogP contribution in [0.1, 0.15) is 11.4 Å². The first kappa shape index (κ1) is 16.2. The highest BCUT2D eigenvalue weighted by molar-refractivity contribution is 9.13. The number of H-pyrrole nitrogens is 1. The van der Waals surface area contributed by atoms with Crippen LogP contribution in [0.15, 0.2) is 56.0 Å². The Hall–Kier alpha value is -0.620. The van der Waals surface area contributed by atoms with E-state index in [1.807, 2.05) is 36.5 Å². The molecule has 1 N–H and O–H groups in total. The van der Waals surface area contributed by atoms with Crippen LogP contribution in [0, 0.1) is 0 Å². The number of hydrogen-bond acceptors (Lipinski definition) is 1. The van der Waals surface area contributed by atoms with E-state index in [1.54, 1.807) is 0 Å². The number of rotatable bonds is 3. The summed E-state index contributed by atoms with van der Waals surface area (Å²) < 4.78 is 3.09. The molecule has 0 saturated heterocycles. The second-order valence-electron chi connectivity index (χ2n) is 4.78. The molecule has 0 bridgehead atoms. The van der Waals surface area contributed by atoms with Crippen molar-refractivity contribution in [2.45, 2.75) is 6.42 Å². The molecule has 0 aliphatic heterocycles. The van der Waals surface area contributed by atoms with Crippen molar-refractivity contribution in [3.05, 3.63) is 72.4 Å². The van der Waals surface area contributed by atoms with Gasteiger partial charge in [0.1, 0.15) is 5.82 Å². The predicted molar refractivity (Wildman–Crippen MR) is 101 cm³/mol. The summed E-state index contributed by atoms with van der Waals surface area (Å²) in [6.45, 7) is 0. The summed E-state index contributed by atoms with van der Waals surface area (Å²) in [4.78, 5) is 7.89. The number of benzene rings is 2. The van der Waals surface area contributed by atoms with Crippen molar-refractivity contribution < 1.29 is 0 Å². The standard InChI is InChI=1S/C16H10Br3ClN2/c17-11-5-10(16(19)13(18)7-11)6-15-21-8-14(22-15)9-1-3-12(20)4-2-9/h1-5,7-8H,6H2,(H,21,22). The van der Waals surface area contributed by atoms with Crippen LogP contribution in [0.4, 0.5) is 0 Å². The van der Waals surface area contributed by atoms with Gasteiger partial charge >= 0.3 is 0 Å².